The molecule has 1 unspecified atom stereocenters. The highest BCUT2D eigenvalue weighted by atomic mass is 32.2. The van der Waals surface area contributed by atoms with Crippen molar-refractivity contribution in [2.24, 2.45) is 0 Å². The van der Waals surface area contributed by atoms with Gasteiger partial charge in [-0.05, 0) is 71.2 Å². The number of allylic oxidation sites excluding steroid dienone is 1. The van der Waals surface area contributed by atoms with Crippen molar-refractivity contribution in [1.82, 2.24) is 15.3 Å². The van der Waals surface area contributed by atoms with E-state index in [0.29, 0.717) is 34.0 Å². The van der Waals surface area contributed by atoms with Crippen LogP contribution >= 0.6 is 11.8 Å². The van der Waals surface area contributed by atoms with Gasteiger partial charge in [0, 0.05) is 22.7 Å². The summed E-state index contributed by atoms with van der Waals surface area (Å²) in [6.07, 6.45) is 17.0. The van der Waals surface area contributed by atoms with Gasteiger partial charge in [-0.15, -0.1) is 0 Å². The Balaban J connectivity index is 1.61. The zero-order chi connectivity index (χ0) is 38.2. The number of aryl methyl sites for hydroxylation is 1. The average molecular weight is 746 g/mol. The number of benzene rings is 2. The molecule has 290 valence electrons. The largest absolute Gasteiger partial charge is 0.491 e. The van der Waals surface area contributed by atoms with Crippen molar-refractivity contribution in [3.05, 3.63) is 76.1 Å². The number of esters is 2. The summed E-state index contributed by atoms with van der Waals surface area (Å²) in [5, 5.41) is 4.16. The molecule has 53 heavy (non-hydrogen) atoms. The third-order valence-electron chi connectivity index (χ3n) is 9.69. The number of H-pyrrole nitrogens is 1. The fourth-order valence-electron chi connectivity index (χ4n) is 7.16. The lowest BCUT2D eigenvalue weighted by Gasteiger charge is -2.34. The van der Waals surface area contributed by atoms with Crippen LogP contribution in [0.1, 0.15) is 142 Å². The number of ether oxygens (including phenoxy) is 3. The molecule has 0 aliphatic carbocycles. The number of thioether (sulfide) groups is 1. The molecule has 0 fully saturated rings. The molecule has 2 heterocycles. The molecule has 0 radical (unpaired) electrons. The van der Waals surface area contributed by atoms with Gasteiger partial charge in [0.25, 0.3) is 0 Å². The summed E-state index contributed by atoms with van der Waals surface area (Å²) in [5.41, 5.74) is 5.77. The maximum absolute atomic E-state index is 14.0. The number of aromatic nitrogens is 2. The van der Waals surface area contributed by atoms with E-state index in [9.17, 15) is 9.59 Å². The summed E-state index contributed by atoms with van der Waals surface area (Å²) >= 11 is 1.49. The topological polar surface area (TPSA) is 103 Å². The average Bonchev–Trinajstić information content (AvgIpc) is 3.55. The quantitative estimate of drug-likeness (QED) is 0.0562. The number of nitrogens with one attached hydrogen (secondary N) is 2. The SMILES string of the molecule is CCCCCCCCCCCCCCCc1cccc(OC(C)C)c1C1C(C(=O)OC(C)C)=C(C)NC(CSc2nc3ccccc3[nH]2)=C1C(=O)OC. The smallest absolute Gasteiger partial charge is 0.337 e. The van der Waals surface area contributed by atoms with E-state index in [1.165, 1.54) is 89.5 Å². The molecule has 1 aromatic heterocycles. The van der Waals surface area contributed by atoms with Crippen LogP contribution in [0.25, 0.3) is 11.0 Å². The normalized spacial score (nSPS) is 14.7. The Bertz CT molecular complexity index is 1660. The molecule has 9 heteroatoms. The first-order chi connectivity index (χ1) is 25.6. The maximum atomic E-state index is 14.0. The molecule has 1 atom stereocenters. The summed E-state index contributed by atoms with van der Waals surface area (Å²) in [7, 11) is 1.39. The van der Waals surface area contributed by atoms with Gasteiger partial charge in [-0.3, -0.25) is 0 Å². The lowest BCUT2D eigenvalue weighted by Crippen LogP contribution is -2.35. The van der Waals surface area contributed by atoms with Crippen molar-refractivity contribution in [1.29, 1.82) is 0 Å². The highest BCUT2D eigenvalue weighted by Crippen LogP contribution is 2.46. The highest BCUT2D eigenvalue weighted by Gasteiger charge is 2.41. The van der Waals surface area contributed by atoms with Gasteiger partial charge in [0.2, 0.25) is 0 Å². The first-order valence-electron chi connectivity index (χ1n) is 20.0. The Morgan fingerprint density at radius 3 is 2.04 bits per heavy atom. The Labute approximate surface area is 322 Å². The predicted molar refractivity (Wildman–Crippen MR) is 217 cm³/mol. The van der Waals surface area contributed by atoms with Crippen molar-refractivity contribution >= 4 is 34.7 Å². The maximum Gasteiger partial charge on any atom is 0.337 e. The summed E-state index contributed by atoms with van der Waals surface area (Å²) in [5.74, 6) is -0.671. The fraction of sp³-hybridized carbons (Fsp3) is 0.568. The second-order valence-corrected chi connectivity index (χ2v) is 15.7. The van der Waals surface area contributed by atoms with E-state index >= 15 is 0 Å². The highest BCUT2D eigenvalue weighted by molar-refractivity contribution is 7.99. The molecule has 4 rings (SSSR count). The monoisotopic (exact) mass is 745 g/mol. The molecule has 8 nitrogen and oxygen atoms in total. The molecule has 0 saturated carbocycles. The van der Waals surface area contributed by atoms with Crippen molar-refractivity contribution in [2.45, 2.75) is 155 Å². The van der Waals surface area contributed by atoms with Crippen molar-refractivity contribution in [3.63, 3.8) is 0 Å². The van der Waals surface area contributed by atoms with Crippen LogP contribution in [0.15, 0.2) is 70.2 Å². The molecule has 0 bridgehead atoms. The number of hydrogen-bond acceptors (Lipinski definition) is 8. The molecule has 0 spiro atoms. The summed E-state index contributed by atoms with van der Waals surface area (Å²) in [6.45, 7) is 11.8. The molecule has 0 amide bonds. The van der Waals surface area contributed by atoms with E-state index in [-0.39, 0.29) is 12.2 Å². The van der Waals surface area contributed by atoms with Crippen molar-refractivity contribution < 1.29 is 23.8 Å². The van der Waals surface area contributed by atoms with E-state index < -0.39 is 17.9 Å². The van der Waals surface area contributed by atoms with E-state index in [1.807, 2.05) is 71.0 Å². The van der Waals surface area contributed by atoms with Gasteiger partial charge in [0.05, 0.1) is 47.4 Å². The first-order valence-corrected chi connectivity index (χ1v) is 21.0. The number of hydrogen-bond donors (Lipinski definition) is 2. The summed E-state index contributed by atoms with van der Waals surface area (Å²) < 4.78 is 17.8. The first kappa shape index (κ1) is 42.0. The van der Waals surface area contributed by atoms with E-state index in [1.54, 1.807) is 0 Å². The van der Waals surface area contributed by atoms with Gasteiger partial charge < -0.3 is 24.5 Å². The Kier molecular flexibility index (Phi) is 17.3. The van der Waals surface area contributed by atoms with Gasteiger partial charge >= 0.3 is 11.9 Å². The summed E-state index contributed by atoms with van der Waals surface area (Å²) in [6, 6.07) is 14.0. The number of methoxy groups -OCH3 is 1. The Hall–Kier alpha value is -3.72. The summed E-state index contributed by atoms with van der Waals surface area (Å²) in [4.78, 5) is 36.1. The van der Waals surface area contributed by atoms with Gasteiger partial charge in [0.1, 0.15) is 5.75 Å². The number of dihydropyridines is 1. The number of rotatable bonds is 23. The number of carbonyl (C=O) groups is 2. The van der Waals surface area contributed by atoms with Gasteiger partial charge in [0.15, 0.2) is 5.16 Å². The standard InChI is InChI=1S/C44H63N3O5S/c1-8-9-10-11-12-13-14-15-16-17-18-19-20-24-33-25-23-28-37(51-30(2)3)39(33)41-38(43(49)52-31(4)5)32(6)45-36(40(41)42(48)50-7)29-53-44-46-34-26-21-22-27-35(34)47-44/h21-23,25-28,30-31,41,45H,8-20,24,29H2,1-7H3,(H,46,47). The lowest BCUT2D eigenvalue weighted by molar-refractivity contribution is -0.143. The number of carbonyl (C=O) groups excluding carboxylic acids is 2. The number of unbranched alkanes of at least 4 members (excludes halogenated alkanes) is 12. The van der Waals surface area contributed by atoms with Crippen LogP contribution in [0.4, 0.5) is 0 Å². The van der Waals surface area contributed by atoms with Gasteiger partial charge in [-0.2, -0.15) is 0 Å². The Morgan fingerprint density at radius 1 is 0.792 bits per heavy atom. The van der Waals surface area contributed by atoms with Crippen LogP contribution in [-0.2, 0) is 25.5 Å². The number of nitrogens with zero attached hydrogens (tertiary/aromatic N) is 1. The van der Waals surface area contributed by atoms with E-state index in [4.69, 9.17) is 19.2 Å². The molecule has 2 aromatic carbocycles. The predicted octanol–water partition coefficient (Wildman–Crippen LogP) is 11.1. The molecular formula is C44H63N3O5S. The molecule has 1 aliphatic rings. The number of imidazole rings is 1. The minimum absolute atomic E-state index is 0.119. The molecule has 3 aromatic rings. The lowest BCUT2D eigenvalue weighted by atomic mass is 9.77. The number of para-hydroxylation sites is 2. The molecule has 0 saturated heterocycles. The van der Waals surface area contributed by atoms with Crippen LogP contribution in [-0.4, -0.2) is 47.0 Å². The van der Waals surface area contributed by atoms with Crippen LogP contribution in [0, 0.1) is 0 Å². The van der Waals surface area contributed by atoms with E-state index in [2.05, 4.69) is 23.3 Å². The van der Waals surface area contributed by atoms with Crippen LogP contribution < -0.4 is 10.1 Å². The van der Waals surface area contributed by atoms with Gasteiger partial charge in [-0.25, -0.2) is 14.6 Å². The van der Waals surface area contributed by atoms with Crippen LogP contribution in [0.3, 0.4) is 0 Å². The minimum atomic E-state index is -0.756. The number of fused-ring (bicyclic) bond motifs is 1. The second-order valence-electron chi connectivity index (χ2n) is 14.8. The van der Waals surface area contributed by atoms with Crippen molar-refractivity contribution in [3.8, 4) is 5.75 Å². The molecular weight excluding hydrogens is 683 g/mol. The zero-order valence-electron chi connectivity index (χ0n) is 33.3. The van der Waals surface area contributed by atoms with Crippen LogP contribution in [0.2, 0.25) is 0 Å². The fourth-order valence-corrected chi connectivity index (χ4v) is 8.02. The third-order valence-corrected chi connectivity index (χ3v) is 10.6. The molecule has 1 aliphatic heterocycles. The van der Waals surface area contributed by atoms with Crippen molar-refractivity contribution in [2.75, 3.05) is 12.9 Å². The molecule has 2 N–H and O–H groups in total. The number of aromatic amines is 1. The van der Waals surface area contributed by atoms with Crippen LogP contribution in [0.5, 0.6) is 5.75 Å². The minimum Gasteiger partial charge on any atom is -0.491 e. The second kappa shape index (κ2) is 21.9. The zero-order valence-corrected chi connectivity index (χ0v) is 34.1. The van der Waals surface area contributed by atoms with Gasteiger partial charge in [-0.1, -0.05) is 120 Å². The third kappa shape index (κ3) is 12.4. The Morgan fingerprint density at radius 2 is 1.43 bits per heavy atom. The van der Waals surface area contributed by atoms with E-state index in [0.717, 1.165) is 46.6 Å².